The minimum Gasteiger partial charge on any atom is -0.314 e. The van der Waals surface area contributed by atoms with Crippen molar-refractivity contribution in [2.45, 2.75) is 38.6 Å². The van der Waals surface area contributed by atoms with Gasteiger partial charge in [0.25, 0.3) is 5.69 Å². The zero-order valence-electron chi connectivity index (χ0n) is 13.1. The Morgan fingerprint density at radius 2 is 2.09 bits per heavy atom. The van der Waals surface area contributed by atoms with E-state index in [0.717, 1.165) is 57.4 Å². The molecule has 22 heavy (non-hydrogen) atoms. The summed E-state index contributed by atoms with van der Waals surface area (Å²) in [4.78, 5) is 13.4. The summed E-state index contributed by atoms with van der Waals surface area (Å²) in [6.45, 7) is 5.86. The molecule has 1 aliphatic rings. The van der Waals surface area contributed by atoms with Gasteiger partial charge in [-0.15, -0.1) is 0 Å². The van der Waals surface area contributed by atoms with Crippen LogP contribution in [0, 0.1) is 10.1 Å². The lowest BCUT2D eigenvalue weighted by atomic mass is 9.96. The van der Waals surface area contributed by atoms with Crippen LogP contribution in [0.15, 0.2) is 18.2 Å². The standard InChI is InChI=1S/C16H24ClN3O2/c1-2-3-4-5-15(19-10-8-18-9-11-19)14-12-13(17)6-7-16(14)20(21)22/h6-7,12,15,18H,2-5,8-11H2,1H3/t15-/m1/s1. The first-order chi connectivity index (χ1) is 10.6. The minimum absolute atomic E-state index is 0.0766. The average molecular weight is 326 g/mol. The maximum atomic E-state index is 11.4. The number of hydrogen-bond donors (Lipinski definition) is 1. The number of nitrogens with one attached hydrogen (secondary N) is 1. The fraction of sp³-hybridized carbons (Fsp3) is 0.625. The van der Waals surface area contributed by atoms with E-state index in [1.54, 1.807) is 12.1 Å². The van der Waals surface area contributed by atoms with Gasteiger partial charge >= 0.3 is 0 Å². The number of nitro benzene ring substituents is 1. The first kappa shape index (κ1) is 17.2. The Morgan fingerprint density at radius 3 is 2.73 bits per heavy atom. The van der Waals surface area contributed by atoms with Crippen molar-refractivity contribution in [1.29, 1.82) is 0 Å². The molecule has 1 aromatic rings. The number of piperazine rings is 1. The number of hydrogen-bond acceptors (Lipinski definition) is 4. The second-order valence-corrected chi connectivity index (χ2v) is 6.19. The monoisotopic (exact) mass is 325 g/mol. The maximum absolute atomic E-state index is 11.4. The van der Waals surface area contributed by atoms with Crippen LogP contribution in [-0.2, 0) is 0 Å². The molecule has 0 aliphatic carbocycles. The number of nitro groups is 1. The van der Waals surface area contributed by atoms with Gasteiger partial charge in [0, 0.05) is 48.9 Å². The Labute approximate surface area is 136 Å². The Hall–Kier alpha value is -1.17. The van der Waals surface area contributed by atoms with Crippen molar-refractivity contribution in [3.63, 3.8) is 0 Å². The van der Waals surface area contributed by atoms with Crippen LogP contribution in [0.5, 0.6) is 0 Å². The van der Waals surface area contributed by atoms with Crippen molar-refractivity contribution in [2.24, 2.45) is 0 Å². The summed E-state index contributed by atoms with van der Waals surface area (Å²) in [5, 5.41) is 15.3. The van der Waals surface area contributed by atoms with E-state index in [2.05, 4.69) is 17.1 Å². The largest absolute Gasteiger partial charge is 0.314 e. The van der Waals surface area contributed by atoms with Crippen LogP contribution in [0.1, 0.15) is 44.2 Å². The smallest absolute Gasteiger partial charge is 0.274 e. The van der Waals surface area contributed by atoms with Gasteiger partial charge in [0.05, 0.1) is 4.92 Å². The van der Waals surface area contributed by atoms with Crippen molar-refractivity contribution in [1.82, 2.24) is 10.2 Å². The number of halogens is 1. The summed E-state index contributed by atoms with van der Waals surface area (Å²) in [5.41, 5.74) is 0.944. The molecule has 0 radical (unpaired) electrons. The molecule has 1 fully saturated rings. The van der Waals surface area contributed by atoms with Gasteiger partial charge in [0.1, 0.15) is 0 Å². The van der Waals surface area contributed by atoms with Gasteiger partial charge in [-0.3, -0.25) is 15.0 Å². The molecule has 0 amide bonds. The molecule has 0 saturated carbocycles. The summed E-state index contributed by atoms with van der Waals surface area (Å²) in [6, 6.07) is 4.99. The highest BCUT2D eigenvalue weighted by Gasteiger charge is 2.28. The van der Waals surface area contributed by atoms with Crippen molar-refractivity contribution in [2.75, 3.05) is 26.2 Å². The lowest BCUT2D eigenvalue weighted by Crippen LogP contribution is -2.45. The lowest BCUT2D eigenvalue weighted by Gasteiger charge is -2.35. The van der Waals surface area contributed by atoms with E-state index in [4.69, 9.17) is 11.6 Å². The molecule has 1 aromatic carbocycles. The molecule has 1 heterocycles. The Morgan fingerprint density at radius 1 is 1.36 bits per heavy atom. The average Bonchev–Trinajstić information content (AvgIpc) is 2.52. The second-order valence-electron chi connectivity index (χ2n) is 5.76. The molecule has 1 N–H and O–H groups in total. The molecular weight excluding hydrogens is 302 g/mol. The van der Waals surface area contributed by atoms with E-state index in [1.807, 2.05) is 0 Å². The SMILES string of the molecule is CCCCC[C@H](c1cc(Cl)ccc1[N+](=O)[O-])N1CCNCC1. The maximum Gasteiger partial charge on any atom is 0.274 e. The van der Waals surface area contributed by atoms with Gasteiger partial charge in [0.2, 0.25) is 0 Å². The van der Waals surface area contributed by atoms with E-state index in [-0.39, 0.29) is 16.7 Å². The Bertz CT molecular complexity index is 504. The summed E-state index contributed by atoms with van der Waals surface area (Å²) in [6.07, 6.45) is 4.31. The van der Waals surface area contributed by atoms with E-state index in [0.29, 0.717) is 5.02 Å². The molecular formula is C16H24ClN3O2. The van der Waals surface area contributed by atoms with E-state index in [9.17, 15) is 10.1 Å². The van der Waals surface area contributed by atoms with Crippen LogP contribution < -0.4 is 5.32 Å². The van der Waals surface area contributed by atoms with Crippen molar-refractivity contribution >= 4 is 17.3 Å². The number of benzene rings is 1. The van der Waals surface area contributed by atoms with E-state index < -0.39 is 0 Å². The number of unbranched alkanes of at least 4 members (excludes halogenated alkanes) is 2. The normalized spacial score (nSPS) is 17.4. The van der Waals surface area contributed by atoms with Gasteiger partial charge in [0.15, 0.2) is 0 Å². The van der Waals surface area contributed by atoms with Gasteiger partial charge < -0.3 is 5.32 Å². The predicted molar refractivity (Wildman–Crippen MR) is 89.4 cm³/mol. The third-order valence-electron chi connectivity index (χ3n) is 4.22. The van der Waals surface area contributed by atoms with Gasteiger partial charge in [-0.25, -0.2) is 0 Å². The third kappa shape index (κ3) is 4.41. The van der Waals surface area contributed by atoms with E-state index in [1.165, 1.54) is 6.07 Å². The van der Waals surface area contributed by atoms with Crippen LogP contribution in [0.25, 0.3) is 0 Å². The van der Waals surface area contributed by atoms with Crippen LogP contribution in [0.3, 0.4) is 0 Å². The molecule has 0 spiro atoms. The van der Waals surface area contributed by atoms with Crippen LogP contribution in [0.2, 0.25) is 5.02 Å². The summed E-state index contributed by atoms with van der Waals surface area (Å²) in [5.74, 6) is 0. The van der Waals surface area contributed by atoms with E-state index >= 15 is 0 Å². The zero-order chi connectivity index (χ0) is 15.9. The molecule has 0 aromatic heterocycles. The van der Waals surface area contributed by atoms with Crippen LogP contribution in [0.4, 0.5) is 5.69 Å². The number of rotatable bonds is 7. The predicted octanol–water partition coefficient (Wildman–Crippen LogP) is 3.77. The summed E-state index contributed by atoms with van der Waals surface area (Å²) < 4.78 is 0. The molecule has 1 aliphatic heterocycles. The molecule has 0 unspecified atom stereocenters. The van der Waals surface area contributed by atoms with Gasteiger partial charge in [-0.05, 0) is 18.6 Å². The highest BCUT2D eigenvalue weighted by Crippen LogP contribution is 2.35. The summed E-state index contributed by atoms with van der Waals surface area (Å²) >= 11 is 6.11. The molecule has 0 bridgehead atoms. The quantitative estimate of drug-likeness (QED) is 0.471. The molecule has 122 valence electrons. The van der Waals surface area contributed by atoms with Crippen LogP contribution >= 0.6 is 11.6 Å². The third-order valence-corrected chi connectivity index (χ3v) is 4.45. The van der Waals surface area contributed by atoms with Crippen molar-refractivity contribution < 1.29 is 4.92 Å². The molecule has 6 heteroatoms. The molecule has 1 atom stereocenters. The Kier molecular flexibility index (Phi) is 6.61. The molecule has 1 saturated heterocycles. The highest BCUT2D eigenvalue weighted by molar-refractivity contribution is 6.30. The first-order valence-corrected chi connectivity index (χ1v) is 8.40. The van der Waals surface area contributed by atoms with Crippen molar-refractivity contribution in [3.8, 4) is 0 Å². The van der Waals surface area contributed by atoms with Crippen molar-refractivity contribution in [3.05, 3.63) is 38.9 Å². The molecule has 5 nitrogen and oxygen atoms in total. The first-order valence-electron chi connectivity index (χ1n) is 8.02. The van der Waals surface area contributed by atoms with Gasteiger partial charge in [-0.2, -0.15) is 0 Å². The summed E-state index contributed by atoms with van der Waals surface area (Å²) in [7, 11) is 0. The lowest BCUT2D eigenvalue weighted by molar-refractivity contribution is -0.386. The molecule has 2 rings (SSSR count). The van der Waals surface area contributed by atoms with Crippen LogP contribution in [-0.4, -0.2) is 36.0 Å². The Balaban J connectivity index is 2.30. The zero-order valence-corrected chi connectivity index (χ0v) is 13.8. The highest BCUT2D eigenvalue weighted by atomic mass is 35.5. The van der Waals surface area contributed by atoms with Gasteiger partial charge in [-0.1, -0.05) is 37.8 Å². The fourth-order valence-corrected chi connectivity index (χ4v) is 3.26. The second kappa shape index (κ2) is 8.46. The topological polar surface area (TPSA) is 58.4 Å². The fourth-order valence-electron chi connectivity index (χ4n) is 3.07. The number of nitrogens with zero attached hydrogens (tertiary/aromatic N) is 2. The minimum atomic E-state index is -0.291.